The van der Waals surface area contributed by atoms with Gasteiger partial charge >= 0.3 is 6.09 Å². The molecule has 2 amide bonds. The Morgan fingerprint density at radius 2 is 1.57 bits per heavy atom. The quantitative estimate of drug-likeness (QED) is 0.389. The highest BCUT2D eigenvalue weighted by molar-refractivity contribution is 8.16. The summed E-state index contributed by atoms with van der Waals surface area (Å²) in [6.45, 7) is 5.24. The first-order valence-corrected chi connectivity index (χ1v) is 16.3. The van der Waals surface area contributed by atoms with Gasteiger partial charge in [-0.1, -0.05) is 60.3 Å². The molecule has 3 aromatic rings. The zero-order valence-electron chi connectivity index (χ0n) is 23.6. The first kappa shape index (κ1) is 29.7. The maximum atomic E-state index is 13.6. The van der Waals surface area contributed by atoms with Crippen molar-refractivity contribution in [2.45, 2.75) is 50.1 Å². The summed E-state index contributed by atoms with van der Waals surface area (Å²) >= 11 is 1.27. The summed E-state index contributed by atoms with van der Waals surface area (Å²) in [5.41, 5.74) is 0.798. The van der Waals surface area contributed by atoms with Crippen molar-refractivity contribution in [3.8, 4) is 11.5 Å². The van der Waals surface area contributed by atoms with Gasteiger partial charge in [-0.3, -0.25) is 4.79 Å². The second-order valence-electron chi connectivity index (χ2n) is 11.2. The Kier molecular flexibility index (Phi) is 8.60. The number of amides is 2. The van der Waals surface area contributed by atoms with Crippen LogP contribution in [0.1, 0.15) is 26.3 Å². The van der Waals surface area contributed by atoms with E-state index in [1.165, 1.54) is 11.8 Å². The molecule has 0 aromatic heterocycles. The van der Waals surface area contributed by atoms with E-state index in [-0.39, 0.29) is 29.2 Å². The van der Waals surface area contributed by atoms with Gasteiger partial charge in [-0.15, -0.1) is 0 Å². The highest BCUT2D eigenvalue weighted by Crippen LogP contribution is 2.41. The van der Waals surface area contributed by atoms with Crippen LogP contribution in [0, 0.1) is 0 Å². The number of hydrogen-bond donors (Lipinski definition) is 1. The van der Waals surface area contributed by atoms with Crippen LogP contribution < -0.4 is 15.0 Å². The largest absolute Gasteiger partial charge is 0.457 e. The lowest BCUT2D eigenvalue weighted by molar-refractivity contribution is -0.119. The van der Waals surface area contributed by atoms with Crippen LogP contribution in [-0.2, 0) is 25.8 Å². The molecule has 2 aliphatic heterocycles. The third kappa shape index (κ3) is 7.51. The fourth-order valence-electron chi connectivity index (χ4n) is 4.84. The van der Waals surface area contributed by atoms with Gasteiger partial charge < -0.3 is 19.7 Å². The average molecular weight is 608 g/mol. The number of amidine groups is 1. The van der Waals surface area contributed by atoms with Crippen molar-refractivity contribution in [2.75, 3.05) is 16.4 Å². The highest BCUT2D eigenvalue weighted by atomic mass is 32.2. The van der Waals surface area contributed by atoms with E-state index in [9.17, 15) is 18.0 Å². The maximum absolute atomic E-state index is 13.6. The summed E-state index contributed by atoms with van der Waals surface area (Å²) < 4.78 is 36.4. The smallest absolute Gasteiger partial charge is 0.408 e. The Morgan fingerprint density at radius 1 is 0.952 bits per heavy atom. The monoisotopic (exact) mass is 607 g/mol. The Bertz CT molecular complexity index is 1560. The minimum Gasteiger partial charge on any atom is -0.457 e. The average Bonchev–Trinajstić information content (AvgIpc) is 3.39. The van der Waals surface area contributed by atoms with E-state index in [2.05, 4.69) is 10.3 Å². The number of carbonyl (C=O) groups excluding carboxylic acids is 2. The van der Waals surface area contributed by atoms with Gasteiger partial charge in [0.2, 0.25) is 0 Å². The van der Waals surface area contributed by atoms with Crippen molar-refractivity contribution in [3.05, 3.63) is 90.5 Å². The van der Waals surface area contributed by atoms with Gasteiger partial charge in [0.15, 0.2) is 15.0 Å². The number of nitrogens with zero attached hydrogens (tertiary/aromatic N) is 2. The first-order valence-electron chi connectivity index (χ1n) is 13.6. The lowest BCUT2D eigenvalue weighted by Gasteiger charge is -2.25. The van der Waals surface area contributed by atoms with Gasteiger partial charge in [0.05, 0.1) is 17.5 Å². The second kappa shape index (κ2) is 12.2. The van der Waals surface area contributed by atoms with Crippen LogP contribution in [0.2, 0.25) is 0 Å². The molecule has 0 bridgehead atoms. The topological polar surface area (TPSA) is 114 Å². The molecule has 11 heteroatoms. The normalized spacial score (nSPS) is 21.0. The molecule has 220 valence electrons. The summed E-state index contributed by atoms with van der Waals surface area (Å²) in [4.78, 5) is 32.6. The number of anilines is 1. The molecule has 0 spiro atoms. The number of rotatable bonds is 7. The van der Waals surface area contributed by atoms with Gasteiger partial charge in [-0.2, -0.15) is 4.99 Å². The van der Waals surface area contributed by atoms with Crippen LogP contribution in [0.4, 0.5) is 10.5 Å². The molecule has 2 heterocycles. The van der Waals surface area contributed by atoms with E-state index < -0.39 is 33.5 Å². The summed E-state index contributed by atoms with van der Waals surface area (Å²) in [7, 11) is -3.24. The minimum absolute atomic E-state index is 0.00481. The van der Waals surface area contributed by atoms with E-state index in [0.29, 0.717) is 22.4 Å². The number of para-hydroxylation sites is 1. The fourth-order valence-corrected chi connectivity index (χ4v) is 8.76. The third-order valence-electron chi connectivity index (χ3n) is 6.64. The molecule has 3 aromatic carbocycles. The number of fused-ring (bicyclic) bond motifs is 1. The predicted molar refractivity (Wildman–Crippen MR) is 165 cm³/mol. The van der Waals surface area contributed by atoms with Gasteiger partial charge in [0.25, 0.3) is 5.91 Å². The molecule has 1 N–H and O–H groups in total. The van der Waals surface area contributed by atoms with Crippen molar-refractivity contribution < 1.29 is 27.5 Å². The second-order valence-corrected chi connectivity index (χ2v) is 14.6. The molecule has 0 radical (unpaired) electrons. The van der Waals surface area contributed by atoms with Crippen molar-refractivity contribution in [3.63, 3.8) is 0 Å². The van der Waals surface area contributed by atoms with Gasteiger partial charge in [0.1, 0.15) is 23.1 Å². The van der Waals surface area contributed by atoms with E-state index in [4.69, 9.17) is 9.47 Å². The standard InChI is InChI=1S/C31H33N3O6S2/c1-31(2,3)40-30(36)32-25(18-21-10-6-4-7-11-21)28(35)33-29-34(26-19-42(37,38)20-27(26)41-29)22-14-16-24(17-15-22)39-23-12-8-5-9-13-23/h4-17,25-27H,18-20H2,1-3H3,(H,32,36)/t25-,26+,27-/m1/s1. The van der Waals surface area contributed by atoms with Crippen LogP contribution in [0.15, 0.2) is 89.9 Å². The van der Waals surface area contributed by atoms with Crippen molar-refractivity contribution in [1.29, 1.82) is 0 Å². The number of ether oxygens (including phenoxy) is 2. The Hall–Kier alpha value is -3.83. The number of hydrogen-bond acceptors (Lipinski definition) is 7. The molecular formula is C31H33N3O6S2. The summed E-state index contributed by atoms with van der Waals surface area (Å²) in [5.74, 6) is 0.725. The zero-order valence-corrected chi connectivity index (χ0v) is 25.2. The number of alkyl carbamates (subject to hydrolysis) is 1. The molecule has 0 unspecified atom stereocenters. The number of aliphatic imine (C=N–C) groups is 1. The number of benzene rings is 3. The Labute approximate surface area is 250 Å². The Balaban J connectivity index is 1.42. The predicted octanol–water partition coefficient (Wildman–Crippen LogP) is 5.22. The van der Waals surface area contributed by atoms with Gasteiger partial charge in [-0.25, -0.2) is 13.2 Å². The molecule has 42 heavy (non-hydrogen) atoms. The van der Waals surface area contributed by atoms with E-state index in [0.717, 1.165) is 5.56 Å². The SMILES string of the molecule is CC(C)(C)OC(=O)N[C@H](Cc1ccccc1)C(=O)N=C1S[C@@H]2CS(=O)(=O)C[C@@H]2N1c1ccc(Oc2ccccc2)cc1. The molecule has 5 rings (SSSR count). The summed E-state index contributed by atoms with van der Waals surface area (Å²) in [5, 5.41) is 2.81. The molecular weight excluding hydrogens is 574 g/mol. The highest BCUT2D eigenvalue weighted by Gasteiger charge is 2.49. The van der Waals surface area contributed by atoms with E-state index in [1.807, 2.05) is 77.7 Å². The third-order valence-corrected chi connectivity index (χ3v) is 9.85. The fraction of sp³-hybridized carbons (Fsp3) is 0.323. The van der Waals surface area contributed by atoms with E-state index >= 15 is 0 Å². The summed E-state index contributed by atoms with van der Waals surface area (Å²) in [6, 6.07) is 24.6. The molecule has 3 atom stereocenters. The van der Waals surface area contributed by atoms with Crippen LogP contribution in [0.3, 0.4) is 0 Å². The number of nitrogens with one attached hydrogen (secondary N) is 1. The number of thioether (sulfide) groups is 1. The molecule has 2 saturated heterocycles. The zero-order chi connectivity index (χ0) is 29.9. The lowest BCUT2D eigenvalue weighted by atomic mass is 10.1. The molecule has 0 aliphatic carbocycles. The van der Waals surface area contributed by atoms with E-state index in [1.54, 1.807) is 32.9 Å². The molecule has 2 aliphatic rings. The van der Waals surface area contributed by atoms with Crippen molar-refractivity contribution in [2.24, 2.45) is 4.99 Å². The van der Waals surface area contributed by atoms with Gasteiger partial charge in [-0.05, 0) is 62.7 Å². The van der Waals surface area contributed by atoms with Crippen LogP contribution in [0.25, 0.3) is 0 Å². The van der Waals surface area contributed by atoms with Crippen LogP contribution in [-0.4, -0.2) is 60.0 Å². The lowest BCUT2D eigenvalue weighted by Crippen LogP contribution is -2.45. The molecule has 9 nitrogen and oxygen atoms in total. The minimum atomic E-state index is -3.24. The van der Waals surface area contributed by atoms with Crippen LogP contribution in [0.5, 0.6) is 11.5 Å². The van der Waals surface area contributed by atoms with Crippen LogP contribution >= 0.6 is 11.8 Å². The Morgan fingerprint density at radius 3 is 2.21 bits per heavy atom. The first-order chi connectivity index (χ1) is 20.0. The molecule has 0 saturated carbocycles. The number of sulfone groups is 1. The van der Waals surface area contributed by atoms with Crippen molar-refractivity contribution >= 4 is 44.5 Å². The van der Waals surface area contributed by atoms with Crippen molar-refractivity contribution in [1.82, 2.24) is 5.32 Å². The van der Waals surface area contributed by atoms with Gasteiger partial charge in [0, 0.05) is 17.4 Å². The molecule has 2 fully saturated rings. The maximum Gasteiger partial charge on any atom is 0.408 e. The summed E-state index contributed by atoms with van der Waals surface area (Å²) in [6.07, 6.45) is -0.502. The number of carbonyl (C=O) groups is 2.